The molecule has 7 heteroatoms. The summed E-state index contributed by atoms with van der Waals surface area (Å²) >= 11 is 0. The number of pyridine rings is 1. The Labute approximate surface area is 361 Å². The van der Waals surface area contributed by atoms with Gasteiger partial charge in [-0.3, -0.25) is 14.2 Å². The third-order valence-corrected chi connectivity index (χ3v) is 12.0. The van der Waals surface area contributed by atoms with Crippen molar-refractivity contribution >= 4 is 22.7 Å². The number of quaternary nitrogens is 1. The number of hydrogen-bond donors (Lipinski definition) is 2. The summed E-state index contributed by atoms with van der Waals surface area (Å²) in [5, 5.41) is 14.6. The topological polar surface area (TPSA) is 60.8 Å². The molecule has 2 aliphatic rings. The Kier molecular flexibility index (Phi) is 15.9. The van der Waals surface area contributed by atoms with E-state index < -0.39 is 0 Å². The molecule has 2 aromatic carbocycles. The van der Waals surface area contributed by atoms with Crippen molar-refractivity contribution in [2.24, 2.45) is 0 Å². The summed E-state index contributed by atoms with van der Waals surface area (Å²) in [5.41, 5.74) is 10.8. The van der Waals surface area contributed by atoms with Gasteiger partial charge >= 0.3 is 0 Å². The highest BCUT2D eigenvalue weighted by molar-refractivity contribution is 5.99. The number of rotatable bonds is 19. The molecule has 57 heavy (non-hydrogen) atoms. The fourth-order valence-electron chi connectivity index (χ4n) is 8.70. The van der Waals surface area contributed by atoms with Crippen LogP contribution in [0.5, 0.6) is 0 Å². The molecule has 0 radical (unpaired) electrons. The van der Waals surface area contributed by atoms with Crippen LogP contribution in [0.2, 0.25) is 0 Å². The smallest absolute Gasteiger partial charge is 0.196 e. The predicted molar refractivity (Wildman–Crippen MR) is 236 cm³/mol. The van der Waals surface area contributed by atoms with Crippen LogP contribution in [0.1, 0.15) is 174 Å². The maximum Gasteiger partial charge on any atom is 0.196 e. The lowest BCUT2D eigenvalue weighted by Crippen LogP contribution is -3.06. The van der Waals surface area contributed by atoms with E-state index in [-0.39, 0.29) is 34.8 Å². The Bertz CT molecular complexity index is 2000. The number of anilines is 1. The van der Waals surface area contributed by atoms with Crippen molar-refractivity contribution in [1.29, 1.82) is 5.26 Å². The monoisotopic (exact) mass is 880 g/mol. The largest absolute Gasteiger partial charge is 1.00 e. The van der Waals surface area contributed by atoms with E-state index in [9.17, 15) is 5.26 Å². The summed E-state index contributed by atoms with van der Waals surface area (Å²) in [7, 11) is 0. The zero-order valence-corrected chi connectivity index (χ0v) is 38.3. The Hall–Kier alpha value is -3.61. The number of hydrogen-bond acceptors (Lipinski definition) is 4. The van der Waals surface area contributed by atoms with Gasteiger partial charge in [0.15, 0.2) is 22.9 Å². The van der Waals surface area contributed by atoms with Crippen LogP contribution in [0.4, 0.5) is 11.4 Å². The molecule has 2 N–H and O–H groups in total. The quantitative estimate of drug-likeness (QED) is 0.0729. The number of unbranched alkanes of at least 4 members (excludes halogenated alkanes) is 15. The van der Waals surface area contributed by atoms with Gasteiger partial charge in [-0.1, -0.05) is 175 Å². The molecule has 6 nitrogen and oxygen atoms in total. The van der Waals surface area contributed by atoms with Crippen molar-refractivity contribution in [3.05, 3.63) is 102 Å². The minimum atomic E-state index is 0. The third-order valence-electron chi connectivity index (χ3n) is 12.0. The van der Waals surface area contributed by atoms with Gasteiger partial charge in [0, 0.05) is 30.4 Å². The molecule has 0 fully saturated rings. The number of nitriles is 1. The van der Waals surface area contributed by atoms with Crippen molar-refractivity contribution < 1.29 is 28.9 Å². The Balaban J connectivity index is 0.00000620. The van der Waals surface area contributed by atoms with Crippen molar-refractivity contribution in [2.45, 2.75) is 162 Å². The molecular weight excluding hydrogens is 811 g/mol. The summed E-state index contributed by atoms with van der Waals surface area (Å²) in [6, 6.07) is 20.8. The van der Waals surface area contributed by atoms with E-state index in [2.05, 4.69) is 119 Å². The average molecular weight is 881 g/mol. The number of benzene rings is 2. The highest BCUT2D eigenvalue weighted by atomic mass is 127. The van der Waals surface area contributed by atoms with Gasteiger partial charge in [0.1, 0.15) is 17.4 Å². The number of imidazole rings is 1. The summed E-state index contributed by atoms with van der Waals surface area (Å²) in [6.07, 6.45) is 29.5. The highest BCUT2D eigenvalue weighted by Gasteiger charge is 2.43. The lowest BCUT2D eigenvalue weighted by molar-refractivity contribution is -0.754. The van der Waals surface area contributed by atoms with Gasteiger partial charge in [0.2, 0.25) is 0 Å². The van der Waals surface area contributed by atoms with E-state index >= 15 is 0 Å². The molecule has 2 aliphatic heterocycles. The Morgan fingerprint density at radius 1 is 0.684 bits per heavy atom. The van der Waals surface area contributed by atoms with Crippen molar-refractivity contribution in [3.63, 3.8) is 0 Å². The molecule has 0 amide bonds. The summed E-state index contributed by atoms with van der Waals surface area (Å²) in [6.45, 7) is 16.8. The summed E-state index contributed by atoms with van der Waals surface area (Å²) in [4.78, 5) is 8.42. The van der Waals surface area contributed by atoms with Crippen LogP contribution >= 0.6 is 0 Å². The van der Waals surface area contributed by atoms with E-state index in [0.29, 0.717) is 5.69 Å². The average Bonchev–Trinajstić information content (AvgIpc) is 3.87. The number of nitrogens with zero attached hydrogens (tertiary/aromatic N) is 4. The van der Waals surface area contributed by atoms with Crippen LogP contribution in [-0.2, 0) is 10.8 Å². The number of aromatic nitrogens is 2. The molecule has 6 rings (SSSR count). The van der Waals surface area contributed by atoms with Crippen LogP contribution < -0.4 is 39.1 Å². The van der Waals surface area contributed by atoms with Gasteiger partial charge in [0.05, 0.1) is 12.1 Å². The molecule has 0 saturated heterocycles. The summed E-state index contributed by atoms with van der Waals surface area (Å²) < 4.78 is 2.03. The SMILES string of the molecule is CCCCCCCCCCCCCCCCCC[NH+]1C(c2ccc(C(C)(C)C)cc2)=C2NC=CN2c2c1c(C#N)n1ccnc1c2-c1ccc(C(C)(C)C)cc1.[I-]. The minimum Gasteiger partial charge on any atom is -1.00 e. The first-order valence-corrected chi connectivity index (χ1v) is 22.0. The zero-order valence-electron chi connectivity index (χ0n) is 36.1. The molecular formula is C50H69IN6. The zero-order chi connectivity index (χ0) is 39.7. The number of nitrogens with one attached hydrogen (secondary N) is 2. The van der Waals surface area contributed by atoms with Crippen LogP contribution in [0.3, 0.4) is 0 Å². The maximum absolute atomic E-state index is 11.0. The second-order valence-corrected chi connectivity index (χ2v) is 18.4. The van der Waals surface area contributed by atoms with Gasteiger partial charge in [-0.15, -0.1) is 0 Å². The number of halogens is 1. The Morgan fingerprint density at radius 3 is 1.67 bits per heavy atom. The molecule has 0 saturated carbocycles. The van der Waals surface area contributed by atoms with Crippen LogP contribution in [0.15, 0.2) is 79.1 Å². The fourth-order valence-corrected chi connectivity index (χ4v) is 8.70. The molecule has 1 unspecified atom stereocenters. The number of fused-ring (bicyclic) bond motifs is 4. The van der Waals surface area contributed by atoms with Crippen molar-refractivity contribution in [3.8, 4) is 17.2 Å². The minimum absolute atomic E-state index is 0. The molecule has 4 heterocycles. The molecule has 0 aliphatic carbocycles. The second-order valence-electron chi connectivity index (χ2n) is 18.4. The van der Waals surface area contributed by atoms with Crippen molar-refractivity contribution in [1.82, 2.24) is 14.7 Å². The highest BCUT2D eigenvalue weighted by Crippen LogP contribution is 2.46. The fraction of sp³-hybridized carbons (Fsp3) is 0.520. The van der Waals surface area contributed by atoms with Crippen LogP contribution in [-0.4, -0.2) is 15.9 Å². The molecule has 0 spiro atoms. The van der Waals surface area contributed by atoms with Gasteiger partial charge < -0.3 is 29.3 Å². The van der Waals surface area contributed by atoms with E-state index in [1.165, 1.54) is 124 Å². The third kappa shape index (κ3) is 10.5. The van der Waals surface area contributed by atoms with Crippen LogP contribution in [0.25, 0.3) is 22.5 Å². The second kappa shape index (κ2) is 20.4. The van der Waals surface area contributed by atoms with E-state index in [1.54, 1.807) is 0 Å². The van der Waals surface area contributed by atoms with E-state index in [4.69, 9.17) is 4.98 Å². The normalized spacial score (nSPS) is 15.1. The van der Waals surface area contributed by atoms with Gasteiger partial charge in [-0.25, -0.2) is 4.98 Å². The first-order chi connectivity index (χ1) is 27.0. The molecule has 306 valence electrons. The first kappa shape index (κ1) is 44.5. The predicted octanol–water partition coefficient (Wildman–Crippen LogP) is 9.47. The van der Waals surface area contributed by atoms with Crippen molar-refractivity contribution in [2.75, 3.05) is 11.4 Å². The Morgan fingerprint density at radius 2 is 1.18 bits per heavy atom. The standard InChI is InChI=1S/C50H68N6.HI/c1-8-9-10-11-12-13-14-15-16-17-18-19-20-21-22-23-34-55-44(39-26-30-41(31-27-39)50(5,6)7)48-53-33-36-56(48)46-43(38-24-28-40(29-25-38)49(2,3)4)47-52-32-35-54(47)42(37-51)45(46)55;/h24-33,35-36,53H,8-23,34H2,1-7H3;1H. The van der Waals surface area contributed by atoms with Gasteiger partial charge in [-0.05, 0) is 52.5 Å². The molecule has 4 aromatic rings. The van der Waals surface area contributed by atoms with E-state index in [1.807, 2.05) is 23.0 Å². The summed E-state index contributed by atoms with van der Waals surface area (Å²) in [5.74, 6) is 1.06. The first-order valence-electron chi connectivity index (χ1n) is 22.0. The molecule has 1 atom stereocenters. The van der Waals surface area contributed by atoms with Crippen LogP contribution in [0, 0.1) is 11.3 Å². The lowest BCUT2D eigenvalue weighted by atomic mass is 9.86. The van der Waals surface area contributed by atoms with Gasteiger partial charge in [-0.2, -0.15) is 5.26 Å². The van der Waals surface area contributed by atoms with Gasteiger partial charge in [0.25, 0.3) is 0 Å². The molecule has 0 bridgehead atoms. The lowest BCUT2D eigenvalue weighted by Gasteiger charge is -2.36. The maximum atomic E-state index is 11.0. The molecule has 2 aromatic heterocycles. The van der Waals surface area contributed by atoms with E-state index in [0.717, 1.165) is 46.9 Å².